The van der Waals surface area contributed by atoms with Crippen molar-refractivity contribution in [3.63, 3.8) is 0 Å². The van der Waals surface area contributed by atoms with E-state index in [2.05, 4.69) is 27.7 Å². The Kier molecular flexibility index (Phi) is 4.66. The molecular weight excluding hydrogens is 242 g/mol. The highest BCUT2D eigenvalue weighted by molar-refractivity contribution is 6.44. The number of rotatable bonds is 3. The summed E-state index contributed by atoms with van der Waals surface area (Å²) in [7, 11) is -0.177. The summed E-state index contributed by atoms with van der Waals surface area (Å²) in [5.74, 6) is 0. The first-order valence-electron chi connectivity index (χ1n) is 7.35. The summed E-state index contributed by atoms with van der Waals surface area (Å²) in [6, 6.07) is 0. The van der Waals surface area contributed by atoms with Crippen molar-refractivity contribution in [3.05, 3.63) is 0 Å². The van der Waals surface area contributed by atoms with Gasteiger partial charge in [0.05, 0.1) is 5.60 Å². The van der Waals surface area contributed by atoms with Gasteiger partial charge in [0.15, 0.2) is 0 Å². The summed E-state index contributed by atoms with van der Waals surface area (Å²) >= 11 is 0. The molecule has 0 aromatic rings. The van der Waals surface area contributed by atoms with Gasteiger partial charge in [-0.3, -0.25) is 0 Å². The van der Waals surface area contributed by atoms with Gasteiger partial charge in [0.25, 0.3) is 0 Å². The van der Waals surface area contributed by atoms with Crippen LogP contribution >= 0.6 is 0 Å². The lowest BCUT2D eigenvalue weighted by molar-refractivity contribution is -0.0325. The molecule has 2 saturated heterocycles. The van der Waals surface area contributed by atoms with Gasteiger partial charge in [0, 0.05) is 24.7 Å². The Morgan fingerprint density at radius 1 is 1.16 bits per heavy atom. The average Bonchev–Trinajstić information content (AvgIpc) is 2.29. The van der Waals surface area contributed by atoms with E-state index in [4.69, 9.17) is 18.6 Å². The Morgan fingerprint density at radius 3 is 2.37 bits per heavy atom. The molecule has 0 aromatic heterocycles. The third-order valence-corrected chi connectivity index (χ3v) is 3.93. The average molecular weight is 268 g/mol. The first-order chi connectivity index (χ1) is 8.78. The molecule has 2 aliphatic heterocycles. The van der Waals surface area contributed by atoms with Crippen LogP contribution in [0.5, 0.6) is 0 Å². The van der Waals surface area contributed by atoms with E-state index in [1.165, 1.54) is 0 Å². The second-order valence-electron chi connectivity index (χ2n) is 7.00. The largest absolute Gasteiger partial charge is 0.457 e. The molecule has 0 aromatic carbocycles. The van der Waals surface area contributed by atoms with Crippen LogP contribution in [-0.4, -0.2) is 39.2 Å². The summed E-state index contributed by atoms with van der Waals surface area (Å²) < 4.78 is 23.1. The van der Waals surface area contributed by atoms with Crippen molar-refractivity contribution in [2.45, 2.75) is 65.4 Å². The Hall–Kier alpha value is -0.0301. The molecule has 0 spiro atoms. The van der Waals surface area contributed by atoms with Gasteiger partial charge in [-0.1, -0.05) is 6.92 Å². The van der Waals surface area contributed by atoms with Crippen LogP contribution in [-0.2, 0) is 18.6 Å². The maximum Gasteiger partial charge on any atom is 0.457 e. The summed E-state index contributed by atoms with van der Waals surface area (Å²) in [6.07, 6.45) is 3.10. The molecule has 0 bridgehead atoms. The van der Waals surface area contributed by atoms with Gasteiger partial charge in [0.2, 0.25) is 0 Å². The van der Waals surface area contributed by atoms with Crippen molar-refractivity contribution in [2.75, 3.05) is 13.2 Å². The van der Waals surface area contributed by atoms with Crippen molar-refractivity contribution in [1.82, 2.24) is 0 Å². The first kappa shape index (κ1) is 15.4. The molecule has 6 heteroatoms. The van der Waals surface area contributed by atoms with E-state index in [0.717, 1.165) is 32.4 Å². The molecule has 2 aliphatic rings. The molecule has 0 radical (unpaired) electrons. The van der Waals surface area contributed by atoms with E-state index in [-0.39, 0.29) is 31.4 Å². The molecule has 0 N–H and O–H groups in total. The van der Waals surface area contributed by atoms with Gasteiger partial charge in [0.1, 0.15) is 0 Å². The van der Waals surface area contributed by atoms with Crippen LogP contribution in [0.2, 0.25) is 13.1 Å². The minimum atomic E-state index is -0.102. The molecule has 1 atom stereocenters. The van der Waals surface area contributed by atoms with E-state index in [0.29, 0.717) is 0 Å². The van der Waals surface area contributed by atoms with E-state index < -0.39 is 0 Å². The molecular formula is C13H26B2O4. The zero-order valence-corrected chi connectivity index (χ0v) is 12.9. The molecule has 108 valence electrons. The van der Waals surface area contributed by atoms with Crippen LogP contribution in [0.1, 0.15) is 40.5 Å². The fraction of sp³-hybridized carbons (Fsp3) is 1.00. The quantitative estimate of drug-likeness (QED) is 0.737. The molecule has 4 nitrogen and oxygen atoms in total. The smallest absolute Gasteiger partial charge is 0.411 e. The van der Waals surface area contributed by atoms with Crippen LogP contribution in [0.4, 0.5) is 0 Å². The molecule has 2 rings (SSSR count). The van der Waals surface area contributed by atoms with Crippen molar-refractivity contribution >= 4 is 14.2 Å². The molecule has 1 unspecified atom stereocenters. The zero-order valence-electron chi connectivity index (χ0n) is 12.9. The standard InChI is InChI=1S/C13H26B2O4/c1-11-8-12(2,3)19-15(18-11)7-6-13(4)9-16-14(5)17-10-13/h11H,6-10H2,1-5H3. The predicted molar refractivity (Wildman–Crippen MR) is 77.1 cm³/mol. The van der Waals surface area contributed by atoms with Gasteiger partial charge in [-0.05, 0) is 46.8 Å². The predicted octanol–water partition coefficient (Wildman–Crippen LogP) is 2.64. The van der Waals surface area contributed by atoms with Gasteiger partial charge < -0.3 is 18.6 Å². The molecule has 0 saturated carbocycles. The normalized spacial score (nSPS) is 30.5. The summed E-state index contributed by atoms with van der Waals surface area (Å²) in [5, 5.41) is 0. The van der Waals surface area contributed by atoms with E-state index in [9.17, 15) is 0 Å². The summed E-state index contributed by atoms with van der Waals surface area (Å²) in [6.45, 7) is 12.0. The SMILES string of the molecule is CB1OCC(C)(CCB2OC(C)CC(C)(C)O2)CO1. The second-order valence-corrected chi connectivity index (χ2v) is 7.00. The maximum atomic E-state index is 6.00. The third kappa shape index (κ3) is 4.48. The maximum absolute atomic E-state index is 6.00. The van der Waals surface area contributed by atoms with Crippen LogP contribution in [0.25, 0.3) is 0 Å². The van der Waals surface area contributed by atoms with Crippen LogP contribution in [0, 0.1) is 5.41 Å². The fourth-order valence-electron chi connectivity index (χ4n) is 2.90. The second kappa shape index (κ2) is 5.76. The van der Waals surface area contributed by atoms with Crippen molar-refractivity contribution in [3.8, 4) is 0 Å². The zero-order chi connectivity index (χ0) is 14.1. The van der Waals surface area contributed by atoms with Crippen molar-refractivity contribution < 1.29 is 18.6 Å². The highest BCUT2D eigenvalue weighted by atomic mass is 16.6. The van der Waals surface area contributed by atoms with Crippen LogP contribution in [0.3, 0.4) is 0 Å². The Labute approximate surface area is 117 Å². The van der Waals surface area contributed by atoms with E-state index in [1.54, 1.807) is 0 Å². The van der Waals surface area contributed by atoms with Gasteiger partial charge in [-0.2, -0.15) is 0 Å². The highest BCUT2D eigenvalue weighted by Crippen LogP contribution is 2.33. The van der Waals surface area contributed by atoms with Gasteiger partial charge in [-0.15, -0.1) is 0 Å². The lowest BCUT2D eigenvalue weighted by atomic mass is 9.71. The first-order valence-corrected chi connectivity index (χ1v) is 7.35. The summed E-state index contributed by atoms with van der Waals surface area (Å²) in [5.41, 5.74) is -0.0125. The Morgan fingerprint density at radius 2 is 1.79 bits per heavy atom. The van der Waals surface area contributed by atoms with Crippen molar-refractivity contribution in [2.24, 2.45) is 5.41 Å². The molecule has 2 fully saturated rings. The lowest BCUT2D eigenvalue weighted by Crippen LogP contribution is -2.47. The highest BCUT2D eigenvalue weighted by Gasteiger charge is 2.39. The topological polar surface area (TPSA) is 36.9 Å². The lowest BCUT2D eigenvalue weighted by Gasteiger charge is -2.40. The van der Waals surface area contributed by atoms with Gasteiger partial charge in [-0.25, -0.2) is 0 Å². The molecule has 19 heavy (non-hydrogen) atoms. The van der Waals surface area contributed by atoms with Crippen LogP contribution < -0.4 is 0 Å². The number of hydrogen-bond donors (Lipinski definition) is 0. The third-order valence-electron chi connectivity index (χ3n) is 3.93. The summed E-state index contributed by atoms with van der Waals surface area (Å²) in [4.78, 5) is 0. The Balaban J connectivity index is 1.81. The number of hydrogen-bond acceptors (Lipinski definition) is 4. The van der Waals surface area contributed by atoms with E-state index >= 15 is 0 Å². The molecule has 0 amide bonds. The minimum absolute atomic E-state index is 0.0735. The van der Waals surface area contributed by atoms with E-state index in [1.807, 2.05) is 6.82 Å². The Bertz CT molecular complexity index is 303. The van der Waals surface area contributed by atoms with Gasteiger partial charge >= 0.3 is 14.2 Å². The van der Waals surface area contributed by atoms with Crippen molar-refractivity contribution in [1.29, 1.82) is 0 Å². The molecule has 0 aliphatic carbocycles. The minimum Gasteiger partial charge on any atom is -0.411 e. The fourth-order valence-corrected chi connectivity index (χ4v) is 2.90. The monoisotopic (exact) mass is 268 g/mol. The molecule has 2 heterocycles. The van der Waals surface area contributed by atoms with Crippen LogP contribution in [0.15, 0.2) is 0 Å².